The molecule has 0 aromatic carbocycles. The molecule has 2 aliphatic heterocycles. The number of hydrogen-bond acceptors (Lipinski definition) is 7. The van der Waals surface area contributed by atoms with Crippen molar-refractivity contribution in [3.05, 3.63) is 18.2 Å². The first-order chi connectivity index (χ1) is 11.9. The second kappa shape index (κ2) is 7.76. The fraction of sp³-hybridized carbons (Fsp3) is 0.688. The zero-order valence-corrected chi connectivity index (χ0v) is 15.2. The minimum atomic E-state index is -3.37. The summed E-state index contributed by atoms with van der Waals surface area (Å²) >= 11 is 0. The summed E-state index contributed by atoms with van der Waals surface area (Å²) in [7, 11) is -3.37. The Morgan fingerprint density at radius 1 is 1.32 bits per heavy atom. The van der Waals surface area contributed by atoms with Gasteiger partial charge < -0.3 is 9.64 Å². The van der Waals surface area contributed by atoms with E-state index in [0.717, 1.165) is 19.4 Å². The largest absolute Gasteiger partial charge is 0.378 e. The van der Waals surface area contributed by atoms with Gasteiger partial charge in [0.1, 0.15) is 11.2 Å². The van der Waals surface area contributed by atoms with Crippen LogP contribution in [0.4, 0.5) is 0 Å². The molecule has 3 heterocycles. The van der Waals surface area contributed by atoms with Crippen LogP contribution in [0.3, 0.4) is 0 Å². The molecule has 1 aromatic rings. The molecular weight excluding hydrogens is 344 g/mol. The quantitative estimate of drug-likeness (QED) is 0.734. The third-order valence-corrected chi connectivity index (χ3v) is 5.84. The smallest absolute Gasteiger partial charge is 0.236 e. The fourth-order valence-corrected chi connectivity index (χ4v) is 4.30. The van der Waals surface area contributed by atoms with Gasteiger partial charge in [0.25, 0.3) is 0 Å². The molecule has 1 aromatic heterocycles. The van der Waals surface area contributed by atoms with E-state index < -0.39 is 9.84 Å². The highest BCUT2D eigenvalue weighted by molar-refractivity contribution is 7.90. The van der Waals surface area contributed by atoms with Gasteiger partial charge >= 0.3 is 0 Å². The zero-order chi connectivity index (χ0) is 17.9. The Labute approximate surface area is 148 Å². The number of hydrogen-bond donors (Lipinski definition) is 0. The van der Waals surface area contributed by atoms with Crippen molar-refractivity contribution in [2.45, 2.75) is 23.7 Å². The number of carbonyl (C=O) groups excluding carboxylic acids is 1. The molecule has 2 aliphatic rings. The van der Waals surface area contributed by atoms with E-state index in [0.29, 0.717) is 45.1 Å². The molecule has 0 spiro atoms. The number of carbonyl (C=O) groups is 1. The third kappa shape index (κ3) is 4.53. The van der Waals surface area contributed by atoms with Crippen LogP contribution >= 0.6 is 0 Å². The average molecular weight is 368 g/mol. The SMILES string of the molecule is CS(=O)(=O)c1cncnc1[C@@H]1CCCN(CC(=O)N2CCOCC2)C1. The summed E-state index contributed by atoms with van der Waals surface area (Å²) in [5, 5.41) is 0. The van der Waals surface area contributed by atoms with E-state index in [4.69, 9.17) is 4.74 Å². The molecule has 2 saturated heterocycles. The van der Waals surface area contributed by atoms with Crippen molar-refractivity contribution in [2.24, 2.45) is 0 Å². The molecule has 0 saturated carbocycles. The summed E-state index contributed by atoms with van der Waals surface area (Å²) in [4.78, 5) is 24.7. The topological polar surface area (TPSA) is 92.7 Å². The first-order valence-corrected chi connectivity index (χ1v) is 10.4. The molecule has 1 amide bonds. The van der Waals surface area contributed by atoms with Gasteiger partial charge in [-0.1, -0.05) is 0 Å². The normalized spacial score (nSPS) is 22.8. The summed E-state index contributed by atoms with van der Waals surface area (Å²) < 4.78 is 29.3. The van der Waals surface area contributed by atoms with Crippen LogP contribution in [0.25, 0.3) is 0 Å². The molecular formula is C16H24N4O4S. The summed E-state index contributed by atoms with van der Waals surface area (Å²) in [6, 6.07) is 0. The van der Waals surface area contributed by atoms with Crippen LogP contribution in [0, 0.1) is 0 Å². The summed E-state index contributed by atoms with van der Waals surface area (Å²) in [6.45, 7) is 4.29. The third-order valence-electron chi connectivity index (χ3n) is 4.72. The standard InChI is InChI=1S/C16H24N4O4S/c1-25(22,23)14-9-17-12-18-16(14)13-3-2-4-19(10-13)11-15(21)20-5-7-24-8-6-20/h9,12-13H,2-8,10-11H2,1H3/t13-/m1/s1. The van der Waals surface area contributed by atoms with Crippen molar-refractivity contribution in [1.29, 1.82) is 0 Å². The lowest BCUT2D eigenvalue weighted by molar-refractivity contribution is -0.136. The minimum Gasteiger partial charge on any atom is -0.378 e. The summed E-state index contributed by atoms with van der Waals surface area (Å²) in [5.74, 6) is 0.105. The average Bonchev–Trinajstić information content (AvgIpc) is 2.62. The molecule has 8 nitrogen and oxygen atoms in total. The Morgan fingerprint density at radius 2 is 2.08 bits per heavy atom. The first kappa shape index (κ1) is 18.2. The molecule has 25 heavy (non-hydrogen) atoms. The molecule has 1 atom stereocenters. The number of ether oxygens (including phenoxy) is 1. The molecule has 2 fully saturated rings. The van der Waals surface area contributed by atoms with Gasteiger partial charge in [-0.3, -0.25) is 9.69 Å². The molecule has 0 radical (unpaired) electrons. The number of nitrogens with zero attached hydrogens (tertiary/aromatic N) is 4. The van der Waals surface area contributed by atoms with Gasteiger partial charge in [0.2, 0.25) is 5.91 Å². The maximum absolute atomic E-state index is 12.4. The molecule has 0 aliphatic carbocycles. The molecule has 3 rings (SSSR count). The zero-order valence-electron chi connectivity index (χ0n) is 14.4. The van der Waals surface area contributed by atoms with E-state index in [2.05, 4.69) is 14.9 Å². The Morgan fingerprint density at radius 3 is 2.80 bits per heavy atom. The lowest BCUT2D eigenvalue weighted by atomic mass is 9.94. The van der Waals surface area contributed by atoms with E-state index in [1.54, 1.807) is 0 Å². The fourth-order valence-electron chi connectivity index (χ4n) is 3.44. The van der Waals surface area contributed by atoms with Crippen LogP contribution in [0.5, 0.6) is 0 Å². The number of sulfone groups is 1. The lowest BCUT2D eigenvalue weighted by Gasteiger charge is -2.34. The number of morpholine rings is 1. The molecule has 138 valence electrons. The van der Waals surface area contributed by atoms with Gasteiger partial charge in [0.05, 0.1) is 25.5 Å². The number of amides is 1. The number of likely N-dealkylation sites (tertiary alicyclic amines) is 1. The van der Waals surface area contributed by atoms with Crippen molar-refractivity contribution in [3.63, 3.8) is 0 Å². The van der Waals surface area contributed by atoms with Crippen molar-refractivity contribution < 1.29 is 17.9 Å². The summed E-state index contributed by atoms with van der Waals surface area (Å²) in [6.07, 6.45) is 5.71. The highest BCUT2D eigenvalue weighted by atomic mass is 32.2. The van der Waals surface area contributed by atoms with Crippen LogP contribution in [-0.2, 0) is 19.4 Å². The van der Waals surface area contributed by atoms with E-state index in [-0.39, 0.29) is 16.7 Å². The number of piperidine rings is 1. The van der Waals surface area contributed by atoms with Crippen LogP contribution < -0.4 is 0 Å². The van der Waals surface area contributed by atoms with Crippen molar-refractivity contribution in [1.82, 2.24) is 19.8 Å². The second-order valence-electron chi connectivity index (χ2n) is 6.61. The van der Waals surface area contributed by atoms with Crippen LogP contribution in [-0.4, -0.2) is 86.3 Å². The van der Waals surface area contributed by atoms with Gasteiger partial charge in [0.15, 0.2) is 9.84 Å². The molecule has 0 bridgehead atoms. The second-order valence-corrected chi connectivity index (χ2v) is 8.60. The molecule has 9 heteroatoms. The van der Waals surface area contributed by atoms with Gasteiger partial charge in [-0.25, -0.2) is 18.4 Å². The van der Waals surface area contributed by atoms with E-state index in [1.165, 1.54) is 18.8 Å². The van der Waals surface area contributed by atoms with Crippen LogP contribution in [0.2, 0.25) is 0 Å². The predicted molar refractivity (Wildman–Crippen MR) is 91.0 cm³/mol. The van der Waals surface area contributed by atoms with Crippen LogP contribution in [0.1, 0.15) is 24.5 Å². The molecule has 0 N–H and O–H groups in total. The number of aromatic nitrogens is 2. The van der Waals surface area contributed by atoms with E-state index in [1.807, 2.05) is 4.90 Å². The molecule has 0 unspecified atom stereocenters. The van der Waals surface area contributed by atoms with Gasteiger partial charge in [0, 0.05) is 38.0 Å². The lowest BCUT2D eigenvalue weighted by Crippen LogP contribution is -2.47. The van der Waals surface area contributed by atoms with Crippen LogP contribution in [0.15, 0.2) is 17.4 Å². The highest BCUT2D eigenvalue weighted by Crippen LogP contribution is 2.29. The van der Waals surface area contributed by atoms with Crippen molar-refractivity contribution >= 4 is 15.7 Å². The summed E-state index contributed by atoms with van der Waals surface area (Å²) in [5.41, 5.74) is 0.570. The maximum Gasteiger partial charge on any atom is 0.236 e. The van der Waals surface area contributed by atoms with Gasteiger partial charge in [-0.05, 0) is 19.4 Å². The van der Waals surface area contributed by atoms with Crippen molar-refractivity contribution in [3.8, 4) is 0 Å². The maximum atomic E-state index is 12.4. The van der Waals surface area contributed by atoms with E-state index >= 15 is 0 Å². The Hall–Kier alpha value is -1.58. The predicted octanol–water partition coefficient (Wildman–Crippen LogP) is -0.0817. The van der Waals surface area contributed by atoms with E-state index in [9.17, 15) is 13.2 Å². The monoisotopic (exact) mass is 368 g/mol. The van der Waals surface area contributed by atoms with Gasteiger partial charge in [-0.15, -0.1) is 0 Å². The Bertz CT molecular complexity index is 719. The van der Waals surface area contributed by atoms with Gasteiger partial charge in [-0.2, -0.15) is 0 Å². The minimum absolute atomic E-state index is 0.000959. The Balaban J connectivity index is 1.68. The Kier molecular flexibility index (Phi) is 5.65. The number of rotatable bonds is 4. The van der Waals surface area contributed by atoms with Crippen molar-refractivity contribution in [2.75, 3.05) is 52.2 Å². The first-order valence-electron chi connectivity index (χ1n) is 8.53. The highest BCUT2D eigenvalue weighted by Gasteiger charge is 2.29.